The van der Waals surface area contributed by atoms with Gasteiger partial charge in [0.2, 0.25) is 0 Å². The number of nitrogens with zero attached hydrogens (tertiary/aromatic N) is 1. The Morgan fingerprint density at radius 2 is 2.11 bits per heavy atom. The van der Waals surface area contributed by atoms with Crippen molar-refractivity contribution >= 4 is 11.3 Å². The Hall–Kier alpha value is -1.39. The summed E-state index contributed by atoms with van der Waals surface area (Å²) < 4.78 is 5.27. The van der Waals surface area contributed by atoms with E-state index >= 15 is 0 Å². The first-order valence-electron chi connectivity index (χ1n) is 5.91. The van der Waals surface area contributed by atoms with E-state index in [1.165, 1.54) is 10.4 Å². The average molecular weight is 262 g/mol. The molecule has 0 saturated carbocycles. The Kier molecular flexibility index (Phi) is 3.99. The van der Waals surface area contributed by atoms with Gasteiger partial charge in [0, 0.05) is 4.88 Å². The van der Waals surface area contributed by atoms with E-state index in [0.29, 0.717) is 0 Å². The highest BCUT2D eigenvalue weighted by molar-refractivity contribution is 7.11. The zero-order chi connectivity index (χ0) is 13.1. The highest BCUT2D eigenvalue weighted by Gasteiger charge is 2.17. The number of aryl methyl sites for hydroxylation is 2. The fourth-order valence-electron chi connectivity index (χ4n) is 1.87. The summed E-state index contributed by atoms with van der Waals surface area (Å²) in [4.78, 5) is 5.90. The van der Waals surface area contributed by atoms with Crippen LogP contribution in [-0.4, -0.2) is 19.1 Å². The van der Waals surface area contributed by atoms with Gasteiger partial charge >= 0.3 is 0 Å². The Labute approximate surface area is 112 Å². The molecule has 0 spiro atoms. The number of rotatable bonds is 4. The second kappa shape index (κ2) is 5.50. The third kappa shape index (κ3) is 2.54. The van der Waals surface area contributed by atoms with Crippen molar-refractivity contribution in [1.82, 2.24) is 10.3 Å². The van der Waals surface area contributed by atoms with Gasteiger partial charge in [-0.25, -0.2) is 4.98 Å². The van der Waals surface area contributed by atoms with Crippen LogP contribution in [0.25, 0.3) is 0 Å². The summed E-state index contributed by atoms with van der Waals surface area (Å²) in [6.07, 6.45) is 0. The first kappa shape index (κ1) is 13.1. The smallest absolute Gasteiger partial charge is 0.119 e. The number of nitrogens with one attached hydrogen (secondary N) is 1. The summed E-state index contributed by atoms with van der Waals surface area (Å²) in [5.41, 5.74) is 2.28. The molecule has 18 heavy (non-hydrogen) atoms. The molecule has 0 aliphatic heterocycles. The minimum atomic E-state index is 0.123. The SMILES string of the molecule is CNC(c1cccc(OC)c1)c1nc(C)c(C)s1. The van der Waals surface area contributed by atoms with Crippen molar-refractivity contribution in [2.45, 2.75) is 19.9 Å². The van der Waals surface area contributed by atoms with Gasteiger partial charge in [-0.05, 0) is 38.6 Å². The van der Waals surface area contributed by atoms with Gasteiger partial charge in [0.05, 0.1) is 18.8 Å². The monoisotopic (exact) mass is 262 g/mol. The molecule has 0 saturated heterocycles. The number of thiazole rings is 1. The van der Waals surface area contributed by atoms with Gasteiger partial charge in [-0.2, -0.15) is 0 Å². The summed E-state index contributed by atoms with van der Waals surface area (Å²) in [7, 11) is 3.64. The number of benzene rings is 1. The maximum Gasteiger partial charge on any atom is 0.119 e. The third-order valence-electron chi connectivity index (χ3n) is 3.01. The molecule has 96 valence electrons. The second-order valence-corrected chi connectivity index (χ2v) is 5.43. The topological polar surface area (TPSA) is 34.1 Å². The Bertz CT molecular complexity index is 517. The molecule has 1 N–H and O–H groups in total. The molecule has 3 nitrogen and oxygen atoms in total. The summed E-state index contributed by atoms with van der Waals surface area (Å²) in [6.45, 7) is 4.16. The Morgan fingerprint density at radius 1 is 1.33 bits per heavy atom. The molecule has 1 heterocycles. The van der Waals surface area contributed by atoms with Gasteiger partial charge in [0.1, 0.15) is 10.8 Å². The lowest BCUT2D eigenvalue weighted by Crippen LogP contribution is -2.17. The Morgan fingerprint density at radius 3 is 2.67 bits per heavy atom. The molecule has 1 aromatic carbocycles. The minimum absolute atomic E-state index is 0.123. The normalized spacial score (nSPS) is 12.4. The molecule has 0 radical (unpaired) electrons. The van der Waals surface area contributed by atoms with Crippen LogP contribution in [-0.2, 0) is 0 Å². The molecule has 0 amide bonds. The molecular weight excluding hydrogens is 244 g/mol. The van der Waals surface area contributed by atoms with Gasteiger partial charge < -0.3 is 10.1 Å². The predicted octanol–water partition coefficient (Wildman–Crippen LogP) is 3.08. The van der Waals surface area contributed by atoms with E-state index in [2.05, 4.69) is 23.3 Å². The molecule has 1 aromatic heterocycles. The van der Waals surface area contributed by atoms with Gasteiger partial charge in [-0.3, -0.25) is 0 Å². The quantitative estimate of drug-likeness (QED) is 0.919. The third-order valence-corrected chi connectivity index (χ3v) is 4.15. The zero-order valence-corrected chi connectivity index (χ0v) is 12.0. The van der Waals surface area contributed by atoms with Crippen LogP contribution >= 0.6 is 11.3 Å². The molecule has 0 aliphatic rings. The van der Waals surface area contributed by atoms with Crippen molar-refractivity contribution in [1.29, 1.82) is 0 Å². The highest BCUT2D eigenvalue weighted by Crippen LogP contribution is 2.29. The van der Waals surface area contributed by atoms with E-state index in [-0.39, 0.29) is 6.04 Å². The molecule has 1 unspecified atom stereocenters. The van der Waals surface area contributed by atoms with Gasteiger partial charge in [0.15, 0.2) is 0 Å². The molecule has 2 rings (SSSR count). The molecule has 0 bridgehead atoms. The molecule has 2 aromatic rings. The van der Waals surface area contributed by atoms with E-state index < -0.39 is 0 Å². The van der Waals surface area contributed by atoms with Crippen molar-refractivity contribution in [2.24, 2.45) is 0 Å². The molecule has 4 heteroatoms. The number of ether oxygens (including phenoxy) is 1. The maximum atomic E-state index is 5.27. The lowest BCUT2D eigenvalue weighted by molar-refractivity contribution is 0.414. The lowest BCUT2D eigenvalue weighted by atomic mass is 10.1. The van der Waals surface area contributed by atoms with E-state index in [4.69, 9.17) is 4.74 Å². The number of hydrogen-bond donors (Lipinski definition) is 1. The van der Waals surface area contributed by atoms with Gasteiger partial charge in [-0.15, -0.1) is 11.3 Å². The van der Waals surface area contributed by atoms with Crippen LogP contribution in [0.5, 0.6) is 5.75 Å². The second-order valence-electron chi connectivity index (χ2n) is 4.19. The fourth-order valence-corrected chi connectivity index (χ4v) is 2.94. The van der Waals surface area contributed by atoms with Crippen molar-refractivity contribution in [3.8, 4) is 5.75 Å². The molecular formula is C14H18N2OS. The van der Waals surface area contributed by atoms with Crippen LogP contribution in [0.1, 0.15) is 27.2 Å². The van der Waals surface area contributed by atoms with Gasteiger partial charge in [0.25, 0.3) is 0 Å². The van der Waals surface area contributed by atoms with Crippen LogP contribution in [0, 0.1) is 13.8 Å². The van der Waals surface area contributed by atoms with Crippen LogP contribution in [0.2, 0.25) is 0 Å². The van der Waals surface area contributed by atoms with E-state index in [9.17, 15) is 0 Å². The summed E-state index contributed by atoms with van der Waals surface area (Å²) in [5.74, 6) is 0.873. The highest BCUT2D eigenvalue weighted by atomic mass is 32.1. The summed E-state index contributed by atoms with van der Waals surface area (Å²) >= 11 is 1.74. The van der Waals surface area contributed by atoms with Crippen LogP contribution in [0.4, 0.5) is 0 Å². The minimum Gasteiger partial charge on any atom is -0.497 e. The molecule has 0 fully saturated rings. The van der Waals surface area contributed by atoms with Crippen molar-refractivity contribution in [3.63, 3.8) is 0 Å². The lowest BCUT2D eigenvalue weighted by Gasteiger charge is -2.14. The first-order valence-corrected chi connectivity index (χ1v) is 6.72. The van der Waals surface area contributed by atoms with E-state index in [1.807, 2.05) is 32.2 Å². The zero-order valence-electron chi connectivity index (χ0n) is 11.2. The summed E-state index contributed by atoms with van der Waals surface area (Å²) in [6, 6.07) is 8.22. The van der Waals surface area contributed by atoms with Crippen molar-refractivity contribution in [3.05, 3.63) is 45.4 Å². The van der Waals surface area contributed by atoms with Crippen LogP contribution in [0.3, 0.4) is 0 Å². The van der Waals surface area contributed by atoms with Crippen molar-refractivity contribution in [2.75, 3.05) is 14.2 Å². The standard InChI is InChI=1S/C14H18N2OS/c1-9-10(2)18-14(16-9)13(15-3)11-6-5-7-12(8-11)17-4/h5-8,13,15H,1-4H3. The van der Waals surface area contributed by atoms with Crippen LogP contribution in [0.15, 0.2) is 24.3 Å². The number of aromatic nitrogens is 1. The number of hydrogen-bond acceptors (Lipinski definition) is 4. The van der Waals surface area contributed by atoms with Crippen molar-refractivity contribution < 1.29 is 4.74 Å². The first-order chi connectivity index (χ1) is 8.65. The summed E-state index contributed by atoms with van der Waals surface area (Å²) in [5, 5.41) is 4.42. The molecule has 1 atom stereocenters. The van der Waals surface area contributed by atoms with E-state index in [1.54, 1.807) is 18.4 Å². The molecule has 0 aliphatic carbocycles. The Balaban J connectivity index is 2.38. The van der Waals surface area contributed by atoms with Gasteiger partial charge in [-0.1, -0.05) is 12.1 Å². The van der Waals surface area contributed by atoms with Crippen LogP contribution < -0.4 is 10.1 Å². The maximum absolute atomic E-state index is 5.27. The number of methoxy groups -OCH3 is 1. The predicted molar refractivity (Wildman–Crippen MR) is 75.5 cm³/mol. The fraction of sp³-hybridized carbons (Fsp3) is 0.357. The largest absolute Gasteiger partial charge is 0.497 e. The van der Waals surface area contributed by atoms with E-state index in [0.717, 1.165) is 16.5 Å². The average Bonchev–Trinajstić information content (AvgIpc) is 2.70.